The number of carboxylic acids is 1. The van der Waals surface area contributed by atoms with Crippen molar-refractivity contribution in [3.05, 3.63) is 65.7 Å². The number of hydrogen-bond acceptors (Lipinski definition) is 3. The summed E-state index contributed by atoms with van der Waals surface area (Å²) in [6.07, 6.45) is 1.59. The molecule has 2 rings (SSSR count). The lowest BCUT2D eigenvalue weighted by atomic mass is 10.1. The van der Waals surface area contributed by atoms with Gasteiger partial charge in [0.25, 0.3) is 0 Å². The summed E-state index contributed by atoms with van der Waals surface area (Å²) in [5.41, 5.74) is 2.08. The number of para-hydroxylation sites is 1. The van der Waals surface area contributed by atoms with Gasteiger partial charge in [0.15, 0.2) is 0 Å². The zero-order chi connectivity index (χ0) is 17.9. The second kappa shape index (κ2) is 10.1. The van der Waals surface area contributed by atoms with Gasteiger partial charge in [-0.25, -0.2) is 0 Å². The summed E-state index contributed by atoms with van der Waals surface area (Å²) in [5, 5.41) is 11.4. The van der Waals surface area contributed by atoms with Crippen LogP contribution >= 0.6 is 0 Å². The van der Waals surface area contributed by atoms with Crippen LogP contribution in [0.1, 0.15) is 36.8 Å². The SMILES string of the molecule is O=C(O)CCCCC(=O)NCc1ccc(COc2ccccc2)cc1. The molecule has 0 aliphatic rings. The van der Waals surface area contributed by atoms with Crippen molar-refractivity contribution in [2.75, 3.05) is 0 Å². The molecule has 0 radical (unpaired) electrons. The number of carboxylic acid groups (broad SMARTS) is 1. The van der Waals surface area contributed by atoms with Gasteiger partial charge in [0.05, 0.1) is 0 Å². The van der Waals surface area contributed by atoms with Crippen molar-refractivity contribution in [1.29, 1.82) is 0 Å². The van der Waals surface area contributed by atoms with Crippen LogP contribution in [0.3, 0.4) is 0 Å². The lowest BCUT2D eigenvalue weighted by molar-refractivity contribution is -0.137. The van der Waals surface area contributed by atoms with E-state index in [0.717, 1.165) is 16.9 Å². The molecule has 0 fully saturated rings. The van der Waals surface area contributed by atoms with Crippen LogP contribution in [0.2, 0.25) is 0 Å². The number of amides is 1. The number of hydrogen-bond donors (Lipinski definition) is 2. The Labute approximate surface area is 147 Å². The van der Waals surface area contributed by atoms with Gasteiger partial charge in [-0.05, 0) is 36.1 Å². The Morgan fingerprint density at radius 2 is 1.52 bits per heavy atom. The first-order valence-corrected chi connectivity index (χ1v) is 8.37. The Morgan fingerprint density at radius 1 is 0.880 bits per heavy atom. The van der Waals surface area contributed by atoms with E-state index in [0.29, 0.717) is 32.4 Å². The van der Waals surface area contributed by atoms with Gasteiger partial charge in [-0.3, -0.25) is 9.59 Å². The molecule has 0 spiro atoms. The van der Waals surface area contributed by atoms with E-state index < -0.39 is 5.97 Å². The Balaban J connectivity index is 1.67. The molecule has 132 valence electrons. The smallest absolute Gasteiger partial charge is 0.303 e. The first-order chi connectivity index (χ1) is 12.1. The lowest BCUT2D eigenvalue weighted by Gasteiger charge is -2.08. The molecular weight excluding hydrogens is 318 g/mol. The first kappa shape index (κ1) is 18.5. The number of rotatable bonds is 10. The van der Waals surface area contributed by atoms with Crippen LogP contribution in [0.5, 0.6) is 5.75 Å². The molecule has 0 aliphatic heterocycles. The number of benzene rings is 2. The minimum atomic E-state index is -0.822. The van der Waals surface area contributed by atoms with E-state index in [1.165, 1.54) is 0 Å². The van der Waals surface area contributed by atoms with Crippen molar-refractivity contribution >= 4 is 11.9 Å². The van der Waals surface area contributed by atoms with Crippen LogP contribution in [-0.2, 0) is 22.7 Å². The van der Waals surface area contributed by atoms with Crippen molar-refractivity contribution in [3.8, 4) is 5.75 Å². The molecule has 2 aromatic carbocycles. The minimum absolute atomic E-state index is 0.0538. The summed E-state index contributed by atoms with van der Waals surface area (Å²) < 4.78 is 5.69. The van der Waals surface area contributed by atoms with E-state index in [2.05, 4.69) is 5.32 Å². The molecular formula is C20H23NO4. The molecule has 2 N–H and O–H groups in total. The van der Waals surface area contributed by atoms with Crippen LogP contribution in [-0.4, -0.2) is 17.0 Å². The number of carbonyl (C=O) groups excluding carboxylic acids is 1. The van der Waals surface area contributed by atoms with Crippen molar-refractivity contribution in [2.45, 2.75) is 38.8 Å². The largest absolute Gasteiger partial charge is 0.489 e. The van der Waals surface area contributed by atoms with Gasteiger partial charge in [-0.15, -0.1) is 0 Å². The third kappa shape index (κ3) is 7.52. The fraction of sp³-hybridized carbons (Fsp3) is 0.300. The maximum Gasteiger partial charge on any atom is 0.303 e. The molecule has 5 heteroatoms. The number of ether oxygens (including phenoxy) is 1. The van der Waals surface area contributed by atoms with Gasteiger partial charge in [0.2, 0.25) is 5.91 Å². The highest BCUT2D eigenvalue weighted by Crippen LogP contribution is 2.12. The summed E-state index contributed by atoms with van der Waals surface area (Å²) in [4.78, 5) is 22.1. The van der Waals surface area contributed by atoms with Crippen molar-refractivity contribution in [3.63, 3.8) is 0 Å². The Hall–Kier alpha value is -2.82. The number of aliphatic carboxylic acids is 1. The molecule has 0 saturated carbocycles. The average molecular weight is 341 g/mol. The summed E-state index contributed by atoms with van der Waals surface area (Å²) in [5.74, 6) is -0.0413. The molecule has 2 aromatic rings. The fourth-order valence-corrected chi connectivity index (χ4v) is 2.29. The van der Waals surface area contributed by atoms with E-state index >= 15 is 0 Å². The summed E-state index contributed by atoms with van der Waals surface area (Å²) >= 11 is 0. The monoisotopic (exact) mass is 341 g/mol. The van der Waals surface area contributed by atoms with Gasteiger partial charge >= 0.3 is 5.97 Å². The Kier molecular flexibility index (Phi) is 7.50. The molecule has 5 nitrogen and oxygen atoms in total. The highest BCUT2D eigenvalue weighted by molar-refractivity contribution is 5.75. The summed E-state index contributed by atoms with van der Waals surface area (Å²) in [6.45, 7) is 0.970. The maximum atomic E-state index is 11.7. The summed E-state index contributed by atoms with van der Waals surface area (Å²) in [6, 6.07) is 17.5. The van der Waals surface area contributed by atoms with Crippen molar-refractivity contribution in [2.24, 2.45) is 0 Å². The molecule has 0 atom stereocenters. The predicted octanol–water partition coefficient (Wildman–Crippen LogP) is 3.53. The maximum absolute atomic E-state index is 11.7. The number of nitrogens with one attached hydrogen (secondary N) is 1. The van der Waals surface area contributed by atoms with Gasteiger partial charge in [0.1, 0.15) is 12.4 Å². The van der Waals surface area contributed by atoms with Crippen LogP contribution < -0.4 is 10.1 Å². The van der Waals surface area contributed by atoms with Crippen LogP contribution in [0.15, 0.2) is 54.6 Å². The lowest BCUT2D eigenvalue weighted by Crippen LogP contribution is -2.22. The quantitative estimate of drug-likeness (QED) is 0.648. The second-order valence-corrected chi connectivity index (χ2v) is 5.80. The van der Waals surface area contributed by atoms with Gasteiger partial charge in [-0.2, -0.15) is 0 Å². The van der Waals surface area contributed by atoms with Gasteiger partial charge in [-0.1, -0.05) is 42.5 Å². The standard InChI is InChI=1S/C20H23NO4/c22-19(8-4-5-9-20(23)24)21-14-16-10-12-17(13-11-16)15-25-18-6-2-1-3-7-18/h1-3,6-7,10-13H,4-5,8-9,14-15H2,(H,21,22)(H,23,24). The Bertz CT molecular complexity index is 668. The third-order valence-corrected chi connectivity index (χ3v) is 3.71. The van der Waals surface area contributed by atoms with Gasteiger partial charge in [0, 0.05) is 19.4 Å². The van der Waals surface area contributed by atoms with E-state index in [-0.39, 0.29) is 12.3 Å². The first-order valence-electron chi connectivity index (χ1n) is 8.37. The molecule has 0 heterocycles. The van der Waals surface area contributed by atoms with E-state index in [1.807, 2.05) is 54.6 Å². The molecule has 0 bridgehead atoms. The molecule has 0 aromatic heterocycles. The number of carbonyl (C=O) groups is 2. The molecule has 0 saturated heterocycles. The van der Waals surface area contributed by atoms with Crippen molar-refractivity contribution in [1.82, 2.24) is 5.32 Å². The highest BCUT2D eigenvalue weighted by atomic mass is 16.5. The zero-order valence-corrected chi connectivity index (χ0v) is 14.1. The molecule has 0 unspecified atom stereocenters. The van der Waals surface area contributed by atoms with Crippen LogP contribution in [0, 0.1) is 0 Å². The van der Waals surface area contributed by atoms with E-state index in [1.54, 1.807) is 0 Å². The highest BCUT2D eigenvalue weighted by Gasteiger charge is 2.03. The summed E-state index contributed by atoms with van der Waals surface area (Å²) in [7, 11) is 0. The van der Waals surface area contributed by atoms with Crippen molar-refractivity contribution < 1.29 is 19.4 Å². The molecule has 1 amide bonds. The average Bonchev–Trinajstić information content (AvgIpc) is 2.63. The third-order valence-electron chi connectivity index (χ3n) is 3.71. The molecule has 0 aliphatic carbocycles. The fourth-order valence-electron chi connectivity index (χ4n) is 2.29. The zero-order valence-electron chi connectivity index (χ0n) is 14.1. The number of unbranched alkanes of at least 4 members (excludes halogenated alkanes) is 1. The Morgan fingerprint density at radius 3 is 2.20 bits per heavy atom. The van der Waals surface area contributed by atoms with Crippen LogP contribution in [0.4, 0.5) is 0 Å². The van der Waals surface area contributed by atoms with E-state index in [4.69, 9.17) is 9.84 Å². The normalized spacial score (nSPS) is 10.2. The molecule has 25 heavy (non-hydrogen) atoms. The van der Waals surface area contributed by atoms with E-state index in [9.17, 15) is 9.59 Å². The van der Waals surface area contributed by atoms with Gasteiger partial charge < -0.3 is 15.2 Å². The predicted molar refractivity (Wildman–Crippen MR) is 95.2 cm³/mol. The minimum Gasteiger partial charge on any atom is -0.489 e. The van der Waals surface area contributed by atoms with Crippen LogP contribution in [0.25, 0.3) is 0 Å². The second-order valence-electron chi connectivity index (χ2n) is 5.80. The topological polar surface area (TPSA) is 75.6 Å².